The second-order valence-electron chi connectivity index (χ2n) is 5.71. The highest BCUT2D eigenvalue weighted by Gasteiger charge is 2.35. The van der Waals surface area contributed by atoms with Crippen LogP contribution in [0.25, 0.3) is 0 Å². The van der Waals surface area contributed by atoms with Crippen LogP contribution in [0, 0.1) is 0 Å². The Labute approximate surface area is 122 Å². The molecular formula is C17H27N3. The smallest absolute Gasteiger partial charge is 0.191 e. The SMILES string of the molecule is CCCNC(=NC)NCC1(c2ccccc2)CCCC1. The fourth-order valence-corrected chi connectivity index (χ4v) is 3.13. The number of hydrogen-bond donors (Lipinski definition) is 2. The van der Waals surface area contributed by atoms with Crippen molar-refractivity contribution in [2.45, 2.75) is 44.4 Å². The van der Waals surface area contributed by atoms with Gasteiger partial charge in [-0.1, -0.05) is 50.1 Å². The third-order valence-corrected chi connectivity index (χ3v) is 4.31. The first-order chi connectivity index (χ1) is 9.80. The van der Waals surface area contributed by atoms with Crippen LogP contribution >= 0.6 is 0 Å². The van der Waals surface area contributed by atoms with Crippen molar-refractivity contribution in [3.05, 3.63) is 35.9 Å². The van der Waals surface area contributed by atoms with Gasteiger partial charge in [0.2, 0.25) is 0 Å². The third kappa shape index (κ3) is 3.53. The minimum absolute atomic E-state index is 0.283. The summed E-state index contributed by atoms with van der Waals surface area (Å²) < 4.78 is 0. The lowest BCUT2D eigenvalue weighted by Crippen LogP contribution is -2.44. The summed E-state index contributed by atoms with van der Waals surface area (Å²) in [5.74, 6) is 0.925. The van der Waals surface area contributed by atoms with Crippen molar-refractivity contribution in [1.29, 1.82) is 0 Å². The zero-order valence-electron chi connectivity index (χ0n) is 12.8. The second-order valence-corrected chi connectivity index (χ2v) is 5.71. The summed E-state index contributed by atoms with van der Waals surface area (Å²) in [6.07, 6.45) is 6.32. The van der Waals surface area contributed by atoms with Gasteiger partial charge in [0.1, 0.15) is 0 Å². The van der Waals surface area contributed by atoms with E-state index >= 15 is 0 Å². The average molecular weight is 273 g/mol. The first kappa shape index (κ1) is 14.9. The number of benzene rings is 1. The highest BCUT2D eigenvalue weighted by Crippen LogP contribution is 2.40. The molecule has 110 valence electrons. The molecule has 1 fully saturated rings. The van der Waals surface area contributed by atoms with Gasteiger partial charge in [0.15, 0.2) is 5.96 Å². The van der Waals surface area contributed by atoms with Crippen molar-refractivity contribution in [1.82, 2.24) is 10.6 Å². The van der Waals surface area contributed by atoms with E-state index in [1.54, 1.807) is 0 Å². The van der Waals surface area contributed by atoms with Gasteiger partial charge in [-0.2, -0.15) is 0 Å². The zero-order chi connectivity index (χ0) is 14.3. The number of guanidine groups is 1. The van der Waals surface area contributed by atoms with E-state index in [0.717, 1.165) is 25.5 Å². The first-order valence-corrected chi connectivity index (χ1v) is 7.81. The highest BCUT2D eigenvalue weighted by molar-refractivity contribution is 5.79. The van der Waals surface area contributed by atoms with Gasteiger partial charge < -0.3 is 10.6 Å². The third-order valence-electron chi connectivity index (χ3n) is 4.31. The molecule has 1 saturated carbocycles. The normalized spacial score (nSPS) is 18.0. The Kier molecular flexibility index (Phi) is 5.45. The Morgan fingerprint density at radius 1 is 1.15 bits per heavy atom. The molecule has 0 unspecified atom stereocenters. The van der Waals surface area contributed by atoms with Crippen LogP contribution in [-0.2, 0) is 5.41 Å². The monoisotopic (exact) mass is 273 g/mol. The van der Waals surface area contributed by atoms with Crippen molar-refractivity contribution in [3.8, 4) is 0 Å². The van der Waals surface area contributed by atoms with E-state index in [0.29, 0.717) is 0 Å². The molecule has 0 aromatic heterocycles. The minimum Gasteiger partial charge on any atom is -0.356 e. The van der Waals surface area contributed by atoms with E-state index in [2.05, 4.69) is 52.9 Å². The molecule has 0 spiro atoms. The van der Waals surface area contributed by atoms with Crippen molar-refractivity contribution < 1.29 is 0 Å². The molecule has 0 bridgehead atoms. The molecule has 0 aliphatic heterocycles. The molecule has 0 heterocycles. The number of nitrogens with one attached hydrogen (secondary N) is 2. The topological polar surface area (TPSA) is 36.4 Å². The molecule has 0 amide bonds. The molecular weight excluding hydrogens is 246 g/mol. The molecule has 0 saturated heterocycles. The predicted molar refractivity (Wildman–Crippen MR) is 86.2 cm³/mol. The maximum Gasteiger partial charge on any atom is 0.191 e. The number of rotatable bonds is 5. The van der Waals surface area contributed by atoms with Gasteiger partial charge >= 0.3 is 0 Å². The standard InChI is InChI=1S/C17H27N3/c1-3-13-19-16(18-2)20-14-17(11-7-8-12-17)15-9-5-4-6-10-15/h4-6,9-10H,3,7-8,11-14H2,1-2H3,(H2,18,19,20). The van der Waals surface area contributed by atoms with Crippen LogP contribution in [0.3, 0.4) is 0 Å². The van der Waals surface area contributed by atoms with Crippen molar-refractivity contribution >= 4 is 5.96 Å². The molecule has 2 rings (SSSR count). The minimum atomic E-state index is 0.283. The summed E-state index contributed by atoms with van der Waals surface area (Å²) in [6, 6.07) is 10.9. The van der Waals surface area contributed by atoms with Crippen LogP contribution in [0.15, 0.2) is 35.3 Å². The Bertz CT molecular complexity index is 419. The molecule has 0 atom stereocenters. The van der Waals surface area contributed by atoms with E-state index in [9.17, 15) is 0 Å². The molecule has 1 aromatic rings. The zero-order valence-corrected chi connectivity index (χ0v) is 12.8. The molecule has 1 aliphatic carbocycles. The molecule has 3 heteroatoms. The Morgan fingerprint density at radius 2 is 1.85 bits per heavy atom. The van der Waals surface area contributed by atoms with E-state index in [1.165, 1.54) is 31.2 Å². The second kappa shape index (κ2) is 7.32. The van der Waals surface area contributed by atoms with Crippen molar-refractivity contribution in [2.24, 2.45) is 4.99 Å². The lowest BCUT2D eigenvalue weighted by molar-refractivity contribution is 0.432. The van der Waals surface area contributed by atoms with Gasteiger partial charge in [0.25, 0.3) is 0 Å². The lowest BCUT2D eigenvalue weighted by atomic mass is 9.79. The van der Waals surface area contributed by atoms with Crippen LogP contribution in [0.1, 0.15) is 44.6 Å². The summed E-state index contributed by atoms with van der Waals surface area (Å²) in [4.78, 5) is 4.31. The van der Waals surface area contributed by atoms with Gasteiger partial charge in [-0.3, -0.25) is 4.99 Å². The van der Waals surface area contributed by atoms with Crippen LogP contribution in [0.5, 0.6) is 0 Å². The fraction of sp³-hybridized carbons (Fsp3) is 0.588. The summed E-state index contributed by atoms with van der Waals surface area (Å²) in [5.41, 5.74) is 1.75. The number of nitrogens with zero attached hydrogens (tertiary/aromatic N) is 1. The van der Waals surface area contributed by atoms with E-state index < -0.39 is 0 Å². The van der Waals surface area contributed by atoms with Crippen LogP contribution in [0.2, 0.25) is 0 Å². The summed E-state index contributed by atoms with van der Waals surface area (Å²) >= 11 is 0. The number of aliphatic imine (C=N–C) groups is 1. The quantitative estimate of drug-likeness (QED) is 0.639. The van der Waals surface area contributed by atoms with E-state index in [-0.39, 0.29) is 5.41 Å². The van der Waals surface area contributed by atoms with Gasteiger partial charge in [-0.25, -0.2) is 0 Å². The Balaban J connectivity index is 2.03. The van der Waals surface area contributed by atoms with Crippen molar-refractivity contribution in [2.75, 3.05) is 20.1 Å². The van der Waals surface area contributed by atoms with E-state index in [4.69, 9.17) is 0 Å². The largest absolute Gasteiger partial charge is 0.356 e. The lowest BCUT2D eigenvalue weighted by Gasteiger charge is -2.30. The molecule has 2 N–H and O–H groups in total. The molecule has 1 aliphatic rings. The molecule has 1 aromatic carbocycles. The Hall–Kier alpha value is -1.51. The maximum atomic E-state index is 4.31. The van der Waals surface area contributed by atoms with Crippen LogP contribution in [0.4, 0.5) is 0 Å². The van der Waals surface area contributed by atoms with Gasteiger partial charge in [-0.05, 0) is 24.8 Å². The van der Waals surface area contributed by atoms with Crippen LogP contribution < -0.4 is 10.6 Å². The van der Waals surface area contributed by atoms with Crippen molar-refractivity contribution in [3.63, 3.8) is 0 Å². The summed E-state index contributed by atoms with van der Waals surface area (Å²) in [7, 11) is 1.84. The fourth-order valence-electron chi connectivity index (χ4n) is 3.13. The summed E-state index contributed by atoms with van der Waals surface area (Å²) in [5, 5.41) is 6.87. The molecule has 0 radical (unpaired) electrons. The van der Waals surface area contributed by atoms with E-state index in [1.807, 2.05) is 7.05 Å². The molecule has 20 heavy (non-hydrogen) atoms. The maximum absolute atomic E-state index is 4.31. The Morgan fingerprint density at radius 3 is 2.45 bits per heavy atom. The number of hydrogen-bond acceptors (Lipinski definition) is 1. The predicted octanol–water partition coefficient (Wildman–Crippen LogP) is 3.07. The van der Waals surface area contributed by atoms with Gasteiger partial charge in [0.05, 0.1) is 0 Å². The van der Waals surface area contributed by atoms with Crippen LogP contribution in [-0.4, -0.2) is 26.1 Å². The van der Waals surface area contributed by atoms with Gasteiger partial charge in [0, 0.05) is 25.6 Å². The van der Waals surface area contributed by atoms with Gasteiger partial charge in [-0.15, -0.1) is 0 Å². The average Bonchev–Trinajstić information content (AvgIpc) is 2.98. The highest BCUT2D eigenvalue weighted by atomic mass is 15.2. The molecule has 3 nitrogen and oxygen atoms in total. The first-order valence-electron chi connectivity index (χ1n) is 7.81. The summed E-state index contributed by atoms with van der Waals surface area (Å²) in [6.45, 7) is 4.11.